The lowest BCUT2D eigenvalue weighted by Crippen LogP contribution is -2.04. The maximum Gasteiger partial charge on any atom is 0.0743 e. The normalized spacial score (nSPS) is 10.7. The van der Waals surface area contributed by atoms with E-state index >= 15 is 0 Å². The highest BCUT2D eigenvalue weighted by molar-refractivity contribution is 9.12. The van der Waals surface area contributed by atoms with E-state index in [4.69, 9.17) is 9.47 Å². The fourth-order valence-corrected chi connectivity index (χ4v) is 5.73. The molecule has 0 unspecified atom stereocenters. The Morgan fingerprint density at radius 2 is 1.14 bits per heavy atom. The lowest BCUT2D eigenvalue weighted by molar-refractivity contribution is 0.143. The van der Waals surface area contributed by atoms with Gasteiger partial charge in [0.25, 0.3) is 0 Å². The first-order valence-electron chi connectivity index (χ1n) is 6.18. The van der Waals surface area contributed by atoms with Gasteiger partial charge in [-0.3, -0.25) is 0 Å². The third-order valence-corrected chi connectivity index (χ3v) is 6.12. The lowest BCUT2D eigenvalue weighted by Gasteiger charge is -2.18. The van der Waals surface area contributed by atoms with Gasteiger partial charge in [0.15, 0.2) is 0 Å². The maximum atomic E-state index is 5.58. The molecule has 0 saturated carbocycles. The number of alkyl halides is 1. The summed E-state index contributed by atoms with van der Waals surface area (Å²) in [6, 6.07) is 0. The Kier molecular flexibility index (Phi) is 9.64. The number of rotatable bonds is 9. The highest BCUT2D eigenvalue weighted by Gasteiger charge is 2.19. The second-order valence-electron chi connectivity index (χ2n) is 4.12. The molecule has 0 aliphatic carbocycles. The molecular weight excluding hydrogens is 532 g/mol. The molecule has 6 heteroatoms. The summed E-state index contributed by atoms with van der Waals surface area (Å²) in [7, 11) is 0. The van der Waals surface area contributed by atoms with E-state index in [1.165, 1.54) is 0 Å². The average molecular weight is 548 g/mol. The van der Waals surface area contributed by atoms with Crippen LogP contribution in [0.3, 0.4) is 0 Å². The van der Waals surface area contributed by atoms with Crippen LogP contribution < -0.4 is 0 Å². The molecule has 116 valence electrons. The zero-order chi connectivity index (χ0) is 15.8. The molecule has 21 heavy (non-hydrogen) atoms. The quantitative estimate of drug-likeness (QED) is 0.206. The monoisotopic (exact) mass is 544 g/mol. The van der Waals surface area contributed by atoms with Crippen LogP contribution in [0.5, 0.6) is 0 Å². The summed E-state index contributed by atoms with van der Waals surface area (Å²) in [5.74, 6) is 0. The van der Waals surface area contributed by atoms with E-state index in [2.05, 4.69) is 76.9 Å². The van der Waals surface area contributed by atoms with E-state index in [-0.39, 0.29) is 0 Å². The van der Waals surface area contributed by atoms with Gasteiger partial charge in [0, 0.05) is 29.9 Å². The molecule has 0 N–H and O–H groups in total. The van der Waals surface area contributed by atoms with Crippen LogP contribution in [0.4, 0.5) is 0 Å². The van der Waals surface area contributed by atoms with E-state index in [0.717, 1.165) is 35.4 Å². The first-order valence-corrected chi connectivity index (χ1v) is 9.68. The van der Waals surface area contributed by atoms with Crippen molar-refractivity contribution in [3.63, 3.8) is 0 Å². The number of benzene rings is 1. The molecule has 0 aliphatic heterocycles. The van der Waals surface area contributed by atoms with Crippen molar-refractivity contribution in [2.75, 3.05) is 13.2 Å². The Morgan fingerprint density at radius 3 is 1.48 bits per heavy atom. The topological polar surface area (TPSA) is 18.5 Å². The second kappa shape index (κ2) is 10.3. The summed E-state index contributed by atoms with van der Waals surface area (Å²) in [6.45, 7) is 9.34. The Bertz CT molecular complexity index is 474. The number of halogens is 4. The summed E-state index contributed by atoms with van der Waals surface area (Å²) in [4.78, 5) is 0. The summed E-state index contributed by atoms with van der Waals surface area (Å²) in [5, 5.41) is 0.727. The highest BCUT2D eigenvalue weighted by Crippen LogP contribution is 2.40. The summed E-state index contributed by atoms with van der Waals surface area (Å²) < 4.78 is 14.2. The summed E-state index contributed by atoms with van der Waals surface area (Å²) in [6.07, 6.45) is 3.47. The molecule has 0 heterocycles. The van der Waals surface area contributed by atoms with E-state index in [1.807, 2.05) is 0 Å². The maximum absolute atomic E-state index is 5.58. The molecule has 0 amide bonds. The standard InChI is InChI=1S/C15H16Br4O2/c1-3-5-20-8-11-13(17)10(7-16)14(18)12(15(11)19)9-21-6-4-2/h3-4H,1-2,5-9H2. The fourth-order valence-electron chi connectivity index (χ4n) is 1.69. The molecule has 0 bridgehead atoms. The van der Waals surface area contributed by atoms with Gasteiger partial charge in [0.05, 0.1) is 26.4 Å². The molecular formula is C15H16Br4O2. The van der Waals surface area contributed by atoms with Crippen molar-refractivity contribution in [3.8, 4) is 0 Å². The van der Waals surface area contributed by atoms with Crippen molar-refractivity contribution in [1.82, 2.24) is 0 Å². The van der Waals surface area contributed by atoms with Crippen molar-refractivity contribution in [3.05, 3.63) is 55.4 Å². The average Bonchev–Trinajstić information content (AvgIpc) is 2.47. The Morgan fingerprint density at radius 1 is 0.762 bits per heavy atom. The van der Waals surface area contributed by atoms with E-state index in [0.29, 0.717) is 26.4 Å². The molecule has 0 aliphatic rings. The van der Waals surface area contributed by atoms with Crippen LogP contribution in [0.25, 0.3) is 0 Å². The van der Waals surface area contributed by atoms with Crippen LogP contribution in [0.15, 0.2) is 38.7 Å². The Balaban J connectivity index is 3.18. The molecule has 1 rings (SSSR count). The van der Waals surface area contributed by atoms with Gasteiger partial charge in [-0.15, -0.1) is 13.2 Å². The molecule has 0 spiro atoms. The van der Waals surface area contributed by atoms with Gasteiger partial charge in [-0.05, 0) is 21.5 Å². The van der Waals surface area contributed by atoms with Crippen LogP contribution in [0.1, 0.15) is 16.7 Å². The second-order valence-corrected chi connectivity index (χ2v) is 7.06. The van der Waals surface area contributed by atoms with Crippen LogP contribution >= 0.6 is 63.7 Å². The van der Waals surface area contributed by atoms with Crippen molar-refractivity contribution in [2.24, 2.45) is 0 Å². The number of hydrogen-bond donors (Lipinski definition) is 0. The molecule has 0 aromatic heterocycles. The predicted octanol–water partition coefficient (Wildman–Crippen LogP) is 6.27. The first-order chi connectivity index (χ1) is 10.1. The van der Waals surface area contributed by atoms with Gasteiger partial charge in [0.2, 0.25) is 0 Å². The largest absolute Gasteiger partial charge is 0.373 e. The Labute approximate surface area is 159 Å². The number of ether oxygens (including phenoxy) is 2. The van der Waals surface area contributed by atoms with E-state index in [1.54, 1.807) is 12.2 Å². The molecule has 0 atom stereocenters. The SMILES string of the molecule is C=CCOCc1c(Br)c(CBr)c(Br)c(COCC=C)c1Br. The van der Waals surface area contributed by atoms with Gasteiger partial charge in [-0.1, -0.05) is 59.9 Å². The zero-order valence-corrected chi connectivity index (χ0v) is 17.8. The fraction of sp³-hybridized carbons (Fsp3) is 0.333. The first kappa shape index (κ1) is 19.6. The van der Waals surface area contributed by atoms with Crippen LogP contribution in [-0.2, 0) is 28.0 Å². The summed E-state index contributed by atoms with van der Waals surface area (Å²) >= 11 is 14.5. The van der Waals surface area contributed by atoms with Crippen LogP contribution in [0.2, 0.25) is 0 Å². The van der Waals surface area contributed by atoms with Gasteiger partial charge in [0.1, 0.15) is 0 Å². The van der Waals surface area contributed by atoms with Crippen LogP contribution in [-0.4, -0.2) is 13.2 Å². The third kappa shape index (κ3) is 5.29. The van der Waals surface area contributed by atoms with Gasteiger partial charge < -0.3 is 9.47 Å². The zero-order valence-electron chi connectivity index (χ0n) is 11.4. The summed E-state index contributed by atoms with van der Waals surface area (Å²) in [5.41, 5.74) is 3.26. The molecule has 1 aromatic rings. The smallest absolute Gasteiger partial charge is 0.0743 e. The van der Waals surface area contributed by atoms with Crippen molar-refractivity contribution >= 4 is 63.7 Å². The molecule has 0 radical (unpaired) electrons. The minimum atomic E-state index is 0.495. The van der Waals surface area contributed by atoms with Gasteiger partial charge in [-0.25, -0.2) is 0 Å². The van der Waals surface area contributed by atoms with Crippen molar-refractivity contribution in [2.45, 2.75) is 18.5 Å². The minimum absolute atomic E-state index is 0.495. The van der Waals surface area contributed by atoms with Crippen LogP contribution in [0, 0.1) is 0 Å². The number of hydrogen-bond acceptors (Lipinski definition) is 2. The molecule has 0 saturated heterocycles. The van der Waals surface area contributed by atoms with Gasteiger partial charge >= 0.3 is 0 Å². The van der Waals surface area contributed by atoms with Crippen molar-refractivity contribution in [1.29, 1.82) is 0 Å². The highest BCUT2D eigenvalue weighted by atomic mass is 79.9. The van der Waals surface area contributed by atoms with E-state index in [9.17, 15) is 0 Å². The Hall–Kier alpha value is 0.540. The lowest BCUT2D eigenvalue weighted by atomic mass is 10.1. The third-order valence-electron chi connectivity index (χ3n) is 2.69. The predicted molar refractivity (Wildman–Crippen MR) is 102 cm³/mol. The molecule has 2 nitrogen and oxygen atoms in total. The van der Waals surface area contributed by atoms with Crippen molar-refractivity contribution < 1.29 is 9.47 Å². The van der Waals surface area contributed by atoms with E-state index < -0.39 is 0 Å². The molecule has 0 fully saturated rings. The molecule has 1 aromatic carbocycles. The van der Waals surface area contributed by atoms with Gasteiger partial charge in [-0.2, -0.15) is 0 Å². The minimum Gasteiger partial charge on any atom is -0.373 e.